The number of rotatable bonds is 4. The number of hydrogen-bond acceptors (Lipinski definition) is 3. The van der Waals surface area contributed by atoms with E-state index in [2.05, 4.69) is 48.5 Å². The first-order chi connectivity index (χ1) is 11.3. The Morgan fingerprint density at radius 3 is 1.43 bits per heavy atom. The van der Waals surface area contributed by atoms with E-state index in [1.165, 1.54) is 11.1 Å². The summed E-state index contributed by atoms with van der Waals surface area (Å²) in [5.74, 6) is 4.15. The van der Waals surface area contributed by atoms with Gasteiger partial charge < -0.3 is 14.2 Å². The second kappa shape index (κ2) is 5.89. The Kier molecular flexibility index (Phi) is 3.74. The highest BCUT2D eigenvalue weighted by molar-refractivity contribution is 5.40. The highest BCUT2D eigenvalue weighted by atomic mass is 16.5. The van der Waals surface area contributed by atoms with Gasteiger partial charge in [-0.3, -0.25) is 0 Å². The lowest BCUT2D eigenvalue weighted by molar-refractivity contribution is 0.142. The molecule has 4 atom stereocenters. The molecule has 0 amide bonds. The molecule has 1 saturated heterocycles. The molecule has 1 heterocycles. The van der Waals surface area contributed by atoms with Crippen LogP contribution in [0.3, 0.4) is 0 Å². The van der Waals surface area contributed by atoms with Gasteiger partial charge in [0.25, 0.3) is 0 Å². The maximum absolute atomic E-state index is 5.78. The number of ether oxygens (including phenoxy) is 3. The average Bonchev–Trinajstić information content (AvgIpc) is 3.00. The molecule has 4 rings (SSSR count). The van der Waals surface area contributed by atoms with Crippen LogP contribution in [-0.4, -0.2) is 27.4 Å². The molecule has 2 aliphatic rings. The lowest BCUT2D eigenvalue weighted by Gasteiger charge is -2.48. The standard InChI is InChI=1S/C20H22O3/c1-21-15-7-3-13(4-8-15)19-17-11-23-12-18(17)20(19)14-5-9-16(22-2)10-6-14/h3-10,17-20H,11-12H2,1-2H3/t17?,18?,19-,20-/m0/s1. The minimum absolute atomic E-state index is 0.529. The van der Waals surface area contributed by atoms with E-state index >= 15 is 0 Å². The van der Waals surface area contributed by atoms with Crippen LogP contribution in [0.5, 0.6) is 11.5 Å². The highest BCUT2D eigenvalue weighted by Crippen LogP contribution is 2.60. The van der Waals surface area contributed by atoms with E-state index in [0.717, 1.165) is 24.7 Å². The van der Waals surface area contributed by atoms with E-state index in [4.69, 9.17) is 14.2 Å². The highest BCUT2D eigenvalue weighted by Gasteiger charge is 2.54. The predicted octanol–water partition coefficient (Wildman–Crippen LogP) is 3.85. The Morgan fingerprint density at radius 1 is 0.696 bits per heavy atom. The molecule has 1 aliphatic heterocycles. The lowest BCUT2D eigenvalue weighted by Crippen LogP contribution is -2.42. The SMILES string of the molecule is COc1ccc([C@H]2C3COCC3[C@@H]2c2ccc(OC)cc2)cc1. The van der Waals surface area contributed by atoms with Crippen molar-refractivity contribution in [3.8, 4) is 11.5 Å². The fraction of sp³-hybridized carbons (Fsp3) is 0.400. The third kappa shape index (κ3) is 2.40. The molecule has 0 radical (unpaired) electrons. The van der Waals surface area contributed by atoms with Gasteiger partial charge in [-0.15, -0.1) is 0 Å². The number of fused-ring (bicyclic) bond motifs is 1. The Bertz CT molecular complexity index is 603. The first-order valence-corrected chi connectivity index (χ1v) is 8.17. The fourth-order valence-corrected chi connectivity index (χ4v) is 4.28. The van der Waals surface area contributed by atoms with E-state index in [9.17, 15) is 0 Å². The van der Waals surface area contributed by atoms with Crippen LogP contribution < -0.4 is 9.47 Å². The minimum Gasteiger partial charge on any atom is -0.497 e. The molecule has 1 aliphatic carbocycles. The van der Waals surface area contributed by atoms with Crippen molar-refractivity contribution in [2.24, 2.45) is 11.8 Å². The van der Waals surface area contributed by atoms with E-state index in [1.807, 2.05) is 0 Å². The largest absolute Gasteiger partial charge is 0.497 e. The molecular weight excluding hydrogens is 288 g/mol. The fourth-order valence-electron chi connectivity index (χ4n) is 4.28. The summed E-state index contributed by atoms with van der Waals surface area (Å²) in [5.41, 5.74) is 2.77. The van der Waals surface area contributed by atoms with Gasteiger partial charge in [-0.1, -0.05) is 24.3 Å². The zero-order valence-electron chi connectivity index (χ0n) is 13.6. The summed E-state index contributed by atoms with van der Waals surface area (Å²) in [4.78, 5) is 0. The van der Waals surface area contributed by atoms with Crippen molar-refractivity contribution in [1.29, 1.82) is 0 Å². The molecule has 23 heavy (non-hydrogen) atoms. The predicted molar refractivity (Wildman–Crippen MR) is 89.3 cm³/mol. The second-order valence-corrected chi connectivity index (χ2v) is 6.46. The topological polar surface area (TPSA) is 27.7 Å². The number of methoxy groups -OCH3 is 2. The Labute approximate surface area is 137 Å². The summed E-state index contributed by atoms with van der Waals surface area (Å²) in [7, 11) is 3.42. The molecule has 2 unspecified atom stereocenters. The van der Waals surface area contributed by atoms with E-state index < -0.39 is 0 Å². The van der Waals surface area contributed by atoms with Crippen molar-refractivity contribution in [3.63, 3.8) is 0 Å². The van der Waals surface area contributed by atoms with Gasteiger partial charge in [-0.2, -0.15) is 0 Å². The monoisotopic (exact) mass is 310 g/mol. The summed E-state index contributed by atoms with van der Waals surface area (Å²) in [5, 5.41) is 0. The molecule has 120 valence electrons. The van der Waals surface area contributed by atoms with Gasteiger partial charge in [0, 0.05) is 0 Å². The van der Waals surface area contributed by atoms with Gasteiger partial charge in [-0.05, 0) is 59.1 Å². The van der Waals surface area contributed by atoms with Crippen molar-refractivity contribution in [2.45, 2.75) is 11.8 Å². The maximum Gasteiger partial charge on any atom is 0.118 e. The molecule has 2 aromatic rings. The van der Waals surface area contributed by atoms with E-state index in [1.54, 1.807) is 14.2 Å². The van der Waals surface area contributed by atoms with Gasteiger partial charge in [0.1, 0.15) is 11.5 Å². The van der Waals surface area contributed by atoms with Crippen molar-refractivity contribution in [1.82, 2.24) is 0 Å². The molecule has 0 aromatic heterocycles. The third-order valence-electron chi connectivity index (χ3n) is 5.48. The van der Waals surface area contributed by atoms with Gasteiger partial charge in [0.15, 0.2) is 0 Å². The Balaban J connectivity index is 1.65. The molecule has 0 N–H and O–H groups in total. The van der Waals surface area contributed by atoms with Gasteiger partial charge in [0.2, 0.25) is 0 Å². The molecule has 3 heteroatoms. The Hall–Kier alpha value is -2.00. The summed E-state index contributed by atoms with van der Waals surface area (Å²) >= 11 is 0. The molecule has 0 bridgehead atoms. The van der Waals surface area contributed by atoms with Crippen LogP contribution >= 0.6 is 0 Å². The Morgan fingerprint density at radius 2 is 1.09 bits per heavy atom. The maximum atomic E-state index is 5.78. The third-order valence-corrected chi connectivity index (χ3v) is 5.48. The zero-order valence-corrected chi connectivity index (χ0v) is 13.6. The van der Waals surface area contributed by atoms with Gasteiger partial charge >= 0.3 is 0 Å². The van der Waals surface area contributed by atoms with E-state index in [0.29, 0.717) is 23.7 Å². The first kappa shape index (κ1) is 14.6. The van der Waals surface area contributed by atoms with Gasteiger partial charge in [0.05, 0.1) is 27.4 Å². The molecule has 2 fully saturated rings. The summed E-state index contributed by atoms with van der Waals surface area (Å²) in [6, 6.07) is 17.0. The average molecular weight is 310 g/mol. The molecule has 3 nitrogen and oxygen atoms in total. The van der Waals surface area contributed by atoms with Crippen LogP contribution in [-0.2, 0) is 4.74 Å². The van der Waals surface area contributed by atoms with Crippen molar-refractivity contribution >= 4 is 0 Å². The van der Waals surface area contributed by atoms with Crippen LogP contribution in [0.15, 0.2) is 48.5 Å². The van der Waals surface area contributed by atoms with Crippen LogP contribution in [0.2, 0.25) is 0 Å². The minimum atomic E-state index is 0.529. The van der Waals surface area contributed by atoms with E-state index in [-0.39, 0.29) is 0 Å². The lowest BCUT2D eigenvalue weighted by atomic mass is 9.54. The van der Waals surface area contributed by atoms with Crippen molar-refractivity contribution in [2.75, 3.05) is 27.4 Å². The first-order valence-electron chi connectivity index (χ1n) is 8.17. The normalized spacial score (nSPS) is 28.8. The summed E-state index contributed by atoms with van der Waals surface area (Å²) in [6.45, 7) is 1.77. The number of benzene rings is 2. The quantitative estimate of drug-likeness (QED) is 0.858. The molecule has 2 aromatic carbocycles. The van der Waals surface area contributed by atoms with Crippen molar-refractivity contribution in [3.05, 3.63) is 59.7 Å². The molecule has 0 spiro atoms. The zero-order chi connectivity index (χ0) is 15.8. The van der Waals surface area contributed by atoms with Crippen LogP contribution in [0.1, 0.15) is 23.0 Å². The van der Waals surface area contributed by atoms with Crippen molar-refractivity contribution < 1.29 is 14.2 Å². The summed E-state index contributed by atoms with van der Waals surface area (Å²) < 4.78 is 16.3. The van der Waals surface area contributed by atoms with Crippen LogP contribution in [0.25, 0.3) is 0 Å². The molecule has 1 saturated carbocycles. The van der Waals surface area contributed by atoms with Gasteiger partial charge in [-0.25, -0.2) is 0 Å². The second-order valence-electron chi connectivity index (χ2n) is 6.46. The summed E-state index contributed by atoms with van der Waals surface area (Å²) in [6.07, 6.45) is 0. The number of hydrogen-bond donors (Lipinski definition) is 0. The van der Waals surface area contributed by atoms with Crippen LogP contribution in [0, 0.1) is 11.8 Å². The smallest absolute Gasteiger partial charge is 0.118 e. The molecular formula is C20H22O3. The van der Waals surface area contributed by atoms with Crippen LogP contribution in [0.4, 0.5) is 0 Å².